The van der Waals surface area contributed by atoms with Gasteiger partial charge < -0.3 is 14.6 Å². The fourth-order valence-electron chi connectivity index (χ4n) is 2.20. The number of nitrogens with zero attached hydrogens (tertiary/aromatic N) is 3. The molecule has 29 heavy (non-hydrogen) atoms. The number of hydrogen-bond acceptors (Lipinski definition) is 8. The number of carboxylic acids is 1. The third kappa shape index (κ3) is 7.07. The van der Waals surface area contributed by atoms with Gasteiger partial charge in [-0.25, -0.2) is 20.2 Å². The second-order valence-corrected chi connectivity index (χ2v) is 6.97. The monoisotopic (exact) mass is 418 g/mol. The molecular formula is C19H22N4O5S. The minimum Gasteiger partial charge on any atom is -0.493 e. The molecule has 1 aromatic carbocycles. The van der Waals surface area contributed by atoms with Crippen molar-refractivity contribution in [3.8, 4) is 11.5 Å². The lowest BCUT2D eigenvalue weighted by Crippen LogP contribution is -2.23. The highest BCUT2D eigenvalue weighted by molar-refractivity contribution is 7.99. The maximum Gasteiger partial charge on any atom is 0.344 e. The number of carboxylic acid groups (broad SMARTS) is 1. The highest BCUT2D eigenvalue weighted by Crippen LogP contribution is 2.28. The number of carbonyl (C=O) groups is 2. The minimum atomic E-state index is -1.08. The Morgan fingerprint density at radius 3 is 2.55 bits per heavy atom. The Morgan fingerprint density at radius 2 is 1.93 bits per heavy atom. The summed E-state index contributed by atoms with van der Waals surface area (Å²) in [4.78, 5) is 31.4. The van der Waals surface area contributed by atoms with Crippen LogP contribution in [0.15, 0.2) is 34.5 Å². The van der Waals surface area contributed by atoms with Gasteiger partial charge in [-0.3, -0.25) is 4.79 Å². The smallest absolute Gasteiger partial charge is 0.344 e. The maximum absolute atomic E-state index is 11.9. The number of ether oxygens (including phenoxy) is 2. The van der Waals surface area contributed by atoms with Gasteiger partial charge in [-0.15, -0.1) is 0 Å². The van der Waals surface area contributed by atoms with Crippen LogP contribution in [0.1, 0.15) is 23.9 Å². The van der Waals surface area contributed by atoms with Crippen LogP contribution in [0.3, 0.4) is 0 Å². The van der Waals surface area contributed by atoms with E-state index in [-0.39, 0.29) is 11.7 Å². The van der Waals surface area contributed by atoms with Crippen LogP contribution in [-0.2, 0) is 9.59 Å². The number of rotatable bonds is 9. The molecule has 0 bridgehead atoms. The zero-order valence-electron chi connectivity index (χ0n) is 16.5. The van der Waals surface area contributed by atoms with Crippen LogP contribution in [0.4, 0.5) is 0 Å². The third-order valence-corrected chi connectivity index (χ3v) is 4.38. The number of aryl methyl sites for hydroxylation is 2. The molecule has 2 rings (SSSR count). The molecule has 0 aliphatic heterocycles. The van der Waals surface area contributed by atoms with Gasteiger partial charge >= 0.3 is 5.97 Å². The van der Waals surface area contributed by atoms with Crippen LogP contribution in [0.5, 0.6) is 11.5 Å². The first-order chi connectivity index (χ1) is 13.8. The molecule has 0 unspecified atom stereocenters. The normalized spacial score (nSPS) is 11.9. The first-order valence-corrected chi connectivity index (χ1v) is 9.61. The Bertz CT molecular complexity index is 899. The second-order valence-electron chi connectivity index (χ2n) is 6.02. The Labute approximate surface area is 172 Å². The highest BCUT2D eigenvalue weighted by atomic mass is 32.2. The molecule has 0 saturated carbocycles. The maximum atomic E-state index is 11.9. The van der Waals surface area contributed by atoms with Gasteiger partial charge in [-0.05, 0) is 50.6 Å². The molecule has 0 saturated heterocycles. The molecule has 1 atom stereocenters. The number of aromatic nitrogens is 2. The van der Waals surface area contributed by atoms with Crippen LogP contribution >= 0.6 is 11.8 Å². The molecule has 10 heteroatoms. The molecule has 0 aliphatic carbocycles. The van der Waals surface area contributed by atoms with E-state index in [1.807, 2.05) is 19.9 Å². The number of carbonyl (C=O) groups excluding carboxylic acids is 1. The molecule has 0 radical (unpaired) electrons. The van der Waals surface area contributed by atoms with Crippen molar-refractivity contribution in [1.29, 1.82) is 0 Å². The van der Waals surface area contributed by atoms with Crippen molar-refractivity contribution >= 4 is 29.9 Å². The highest BCUT2D eigenvalue weighted by Gasteiger charge is 2.15. The lowest BCUT2D eigenvalue weighted by molar-refractivity contribution is -0.144. The topological polar surface area (TPSA) is 123 Å². The molecule has 154 valence electrons. The number of nitrogens with one attached hydrogen (secondary N) is 1. The van der Waals surface area contributed by atoms with E-state index in [4.69, 9.17) is 14.6 Å². The Hall–Kier alpha value is -3.14. The number of amides is 1. The van der Waals surface area contributed by atoms with E-state index in [0.717, 1.165) is 11.4 Å². The first kappa shape index (κ1) is 22.2. The van der Waals surface area contributed by atoms with Crippen LogP contribution in [0, 0.1) is 13.8 Å². The molecular weight excluding hydrogens is 396 g/mol. The molecule has 1 aromatic heterocycles. The van der Waals surface area contributed by atoms with Crippen LogP contribution in [-0.4, -0.2) is 52.1 Å². The summed E-state index contributed by atoms with van der Waals surface area (Å²) in [5, 5.41) is 13.4. The van der Waals surface area contributed by atoms with Gasteiger partial charge in [-0.1, -0.05) is 11.8 Å². The van der Waals surface area contributed by atoms with Gasteiger partial charge in [0.05, 0.1) is 19.1 Å². The Kier molecular flexibility index (Phi) is 7.96. The van der Waals surface area contributed by atoms with Crippen molar-refractivity contribution in [2.75, 3.05) is 12.9 Å². The van der Waals surface area contributed by atoms with E-state index < -0.39 is 12.1 Å². The predicted molar refractivity (Wildman–Crippen MR) is 109 cm³/mol. The quantitative estimate of drug-likeness (QED) is 0.275. The lowest BCUT2D eigenvalue weighted by Gasteiger charge is -2.13. The van der Waals surface area contributed by atoms with Crippen molar-refractivity contribution in [2.45, 2.75) is 32.0 Å². The van der Waals surface area contributed by atoms with Crippen molar-refractivity contribution < 1.29 is 24.2 Å². The van der Waals surface area contributed by atoms with Gasteiger partial charge in [0.2, 0.25) is 0 Å². The number of methoxy groups -OCH3 is 1. The summed E-state index contributed by atoms with van der Waals surface area (Å²) in [6.07, 6.45) is 0.435. The number of hydrogen-bond donors (Lipinski definition) is 2. The van der Waals surface area contributed by atoms with Crippen molar-refractivity contribution in [2.24, 2.45) is 5.10 Å². The average Bonchev–Trinajstić information content (AvgIpc) is 2.66. The summed E-state index contributed by atoms with van der Waals surface area (Å²) in [6.45, 7) is 5.17. The average molecular weight is 418 g/mol. The molecule has 1 amide bonds. The van der Waals surface area contributed by atoms with Crippen molar-refractivity contribution in [3.63, 3.8) is 0 Å². The standard InChI is InChI=1S/C19H22N4O5S/c1-11-7-12(2)22-19(21-11)29-10-17(24)23-20-9-14-5-6-15(16(8-14)27-4)28-13(3)18(25)26/h5-9,13H,10H2,1-4H3,(H,23,24)(H,25,26)/b20-9-/t13-/m1/s1. The van der Waals surface area contributed by atoms with Gasteiger partial charge in [0.15, 0.2) is 22.8 Å². The van der Waals surface area contributed by atoms with Crippen LogP contribution in [0.25, 0.3) is 0 Å². The zero-order valence-corrected chi connectivity index (χ0v) is 17.3. The number of benzene rings is 1. The van der Waals surface area contributed by atoms with Crippen molar-refractivity contribution in [1.82, 2.24) is 15.4 Å². The van der Waals surface area contributed by atoms with Gasteiger partial charge in [-0.2, -0.15) is 5.10 Å². The largest absolute Gasteiger partial charge is 0.493 e. The minimum absolute atomic E-state index is 0.128. The second kappa shape index (κ2) is 10.4. The van der Waals surface area contributed by atoms with E-state index in [1.54, 1.807) is 18.2 Å². The van der Waals surface area contributed by atoms with Crippen LogP contribution < -0.4 is 14.9 Å². The van der Waals surface area contributed by atoms with E-state index in [2.05, 4.69) is 20.5 Å². The fourth-order valence-corrected chi connectivity index (χ4v) is 2.94. The summed E-state index contributed by atoms with van der Waals surface area (Å²) in [5.74, 6) is -0.589. The molecule has 0 aliphatic rings. The van der Waals surface area contributed by atoms with E-state index >= 15 is 0 Å². The summed E-state index contributed by atoms with van der Waals surface area (Å²) < 4.78 is 10.5. The zero-order chi connectivity index (χ0) is 21.4. The van der Waals surface area contributed by atoms with E-state index in [1.165, 1.54) is 32.0 Å². The molecule has 1 heterocycles. The fraction of sp³-hybridized carbons (Fsp3) is 0.316. The molecule has 2 N–H and O–H groups in total. The number of hydrazone groups is 1. The van der Waals surface area contributed by atoms with Crippen LogP contribution in [0.2, 0.25) is 0 Å². The molecule has 0 spiro atoms. The summed E-state index contributed by atoms with van der Waals surface area (Å²) in [7, 11) is 1.45. The molecule has 2 aromatic rings. The van der Waals surface area contributed by atoms with Crippen molar-refractivity contribution in [3.05, 3.63) is 41.2 Å². The Balaban J connectivity index is 1.91. The summed E-state index contributed by atoms with van der Waals surface area (Å²) >= 11 is 1.23. The molecule has 9 nitrogen and oxygen atoms in total. The first-order valence-electron chi connectivity index (χ1n) is 8.63. The predicted octanol–water partition coefficient (Wildman–Crippen LogP) is 2.20. The third-order valence-electron chi connectivity index (χ3n) is 3.54. The van der Waals surface area contributed by atoms with E-state index in [0.29, 0.717) is 22.2 Å². The SMILES string of the molecule is COc1cc(/C=N\NC(=O)CSc2nc(C)cc(C)n2)ccc1O[C@H](C)C(=O)O. The Morgan fingerprint density at radius 1 is 1.24 bits per heavy atom. The summed E-state index contributed by atoms with van der Waals surface area (Å²) in [5.41, 5.74) is 4.77. The summed E-state index contributed by atoms with van der Waals surface area (Å²) in [6, 6.07) is 6.73. The number of aliphatic carboxylic acids is 1. The van der Waals surface area contributed by atoms with Gasteiger partial charge in [0, 0.05) is 11.4 Å². The van der Waals surface area contributed by atoms with Gasteiger partial charge in [0.25, 0.3) is 5.91 Å². The lowest BCUT2D eigenvalue weighted by atomic mass is 10.2. The molecule has 0 fully saturated rings. The van der Waals surface area contributed by atoms with E-state index in [9.17, 15) is 9.59 Å². The number of thioether (sulfide) groups is 1. The van der Waals surface area contributed by atoms with Gasteiger partial charge in [0.1, 0.15) is 0 Å².